The lowest BCUT2D eigenvalue weighted by molar-refractivity contribution is 0.281. The lowest BCUT2D eigenvalue weighted by Gasteiger charge is -2.05. The first-order valence-corrected chi connectivity index (χ1v) is 6.38. The van der Waals surface area contributed by atoms with E-state index in [0.29, 0.717) is 5.02 Å². The molecule has 1 aromatic heterocycles. The minimum Gasteiger partial charge on any atom is -0.392 e. The van der Waals surface area contributed by atoms with E-state index in [4.69, 9.17) is 16.7 Å². The number of aliphatic hydroxyl groups is 1. The minimum atomic E-state index is 0.0793. The van der Waals surface area contributed by atoms with Crippen molar-refractivity contribution in [3.63, 3.8) is 0 Å². The third-order valence-electron chi connectivity index (χ3n) is 2.41. The number of pyridine rings is 1. The first kappa shape index (κ1) is 12.4. The van der Waals surface area contributed by atoms with Gasteiger partial charge in [0.1, 0.15) is 5.03 Å². The second-order valence-corrected chi connectivity index (χ2v) is 5.19. The fraction of sp³-hybridized carbons (Fsp3) is 0.154. The molecular weight excluding hydrogens is 254 g/mol. The van der Waals surface area contributed by atoms with Crippen LogP contribution in [0.4, 0.5) is 0 Å². The minimum absolute atomic E-state index is 0.0793. The molecule has 0 radical (unpaired) electrons. The third-order valence-corrected chi connectivity index (χ3v) is 3.57. The Hall–Kier alpha value is -1.03. The van der Waals surface area contributed by atoms with Gasteiger partial charge in [0.2, 0.25) is 0 Å². The second-order valence-electron chi connectivity index (χ2n) is 3.66. The summed E-state index contributed by atoms with van der Waals surface area (Å²) < 4.78 is 0. The molecule has 0 unspecified atom stereocenters. The topological polar surface area (TPSA) is 33.1 Å². The molecule has 17 heavy (non-hydrogen) atoms. The molecular formula is C13H12ClNOS. The highest BCUT2D eigenvalue weighted by atomic mass is 35.5. The summed E-state index contributed by atoms with van der Waals surface area (Å²) in [6.07, 6.45) is 1.64. The first-order valence-electron chi connectivity index (χ1n) is 5.19. The molecule has 88 valence electrons. The van der Waals surface area contributed by atoms with E-state index in [-0.39, 0.29) is 6.61 Å². The normalized spacial score (nSPS) is 10.5. The van der Waals surface area contributed by atoms with Crippen LogP contribution in [0.2, 0.25) is 5.02 Å². The Kier molecular flexibility index (Phi) is 4.05. The Morgan fingerprint density at radius 2 is 2.12 bits per heavy atom. The molecule has 1 aromatic carbocycles. The van der Waals surface area contributed by atoms with Crippen molar-refractivity contribution in [3.05, 3.63) is 52.7 Å². The summed E-state index contributed by atoms with van der Waals surface area (Å²) in [6.45, 7) is 2.07. The van der Waals surface area contributed by atoms with Crippen molar-refractivity contribution < 1.29 is 5.11 Å². The Labute approximate surface area is 110 Å². The van der Waals surface area contributed by atoms with Crippen LogP contribution in [-0.2, 0) is 6.61 Å². The van der Waals surface area contributed by atoms with E-state index >= 15 is 0 Å². The van der Waals surface area contributed by atoms with Gasteiger partial charge in [-0.1, -0.05) is 29.4 Å². The average Bonchev–Trinajstić information content (AvgIpc) is 2.32. The Morgan fingerprint density at radius 3 is 2.71 bits per heavy atom. The van der Waals surface area contributed by atoms with Crippen LogP contribution < -0.4 is 0 Å². The predicted octanol–water partition coefficient (Wildman–Crippen LogP) is 3.69. The van der Waals surface area contributed by atoms with Crippen molar-refractivity contribution in [3.8, 4) is 0 Å². The molecule has 1 heterocycles. The van der Waals surface area contributed by atoms with Crippen molar-refractivity contribution >= 4 is 23.4 Å². The van der Waals surface area contributed by atoms with Gasteiger partial charge in [-0.25, -0.2) is 4.98 Å². The largest absolute Gasteiger partial charge is 0.392 e. The maximum absolute atomic E-state index is 9.10. The molecule has 0 fully saturated rings. The van der Waals surface area contributed by atoms with Crippen molar-refractivity contribution in [1.29, 1.82) is 0 Å². The molecule has 0 bridgehead atoms. The Balaban J connectivity index is 2.19. The van der Waals surface area contributed by atoms with E-state index in [9.17, 15) is 0 Å². The van der Waals surface area contributed by atoms with Crippen molar-refractivity contribution in [2.75, 3.05) is 0 Å². The summed E-state index contributed by atoms with van der Waals surface area (Å²) in [6, 6.07) is 9.69. The zero-order chi connectivity index (χ0) is 12.3. The summed E-state index contributed by atoms with van der Waals surface area (Å²) >= 11 is 7.36. The zero-order valence-corrected chi connectivity index (χ0v) is 10.9. The molecule has 4 heteroatoms. The summed E-state index contributed by atoms with van der Waals surface area (Å²) in [5.41, 5.74) is 2.05. The van der Waals surface area contributed by atoms with E-state index in [1.165, 1.54) is 0 Å². The van der Waals surface area contributed by atoms with Gasteiger partial charge in [0.05, 0.1) is 11.6 Å². The van der Waals surface area contributed by atoms with Crippen LogP contribution in [0.1, 0.15) is 11.1 Å². The third kappa shape index (κ3) is 3.22. The fourth-order valence-electron chi connectivity index (χ4n) is 1.45. The van der Waals surface area contributed by atoms with Crippen LogP contribution in [0.15, 0.2) is 46.5 Å². The number of nitrogens with zero attached hydrogens (tertiary/aromatic N) is 1. The van der Waals surface area contributed by atoms with E-state index in [1.807, 2.05) is 37.3 Å². The van der Waals surface area contributed by atoms with Gasteiger partial charge < -0.3 is 5.11 Å². The molecule has 0 atom stereocenters. The average molecular weight is 266 g/mol. The molecule has 0 aliphatic heterocycles. The van der Waals surface area contributed by atoms with Crippen LogP contribution in [-0.4, -0.2) is 10.1 Å². The monoisotopic (exact) mass is 265 g/mol. The lowest BCUT2D eigenvalue weighted by atomic mass is 10.1. The van der Waals surface area contributed by atoms with Gasteiger partial charge in [-0.15, -0.1) is 0 Å². The summed E-state index contributed by atoms with van der Waals surface area (Å²) in [7, 11) is 0. The van der Waals surface area contributed by atoms with Gasteiger partial charge in [-0.2, -0.15) is 0 Å². The summed E-state index contributed by atoms with van der Waals surface area (Å²) in [5, 5.41) is 10.6. The Bertz CT molecular complexity index is 513. The van der Waals surface area contributed by atoms with Crippen LogP contribution in [0.3, 0.4) is 0 Å². The molecule has 2 aromatic rings. The number of aryl methyl sites for hydroxylation is 1. The number of hydrogen-bond donors (Lipinski definition) is 1. The molecule has 0 saturated carbocycles. The van der Waals surface area contributed by atoms with Crippen LogP contribution in [0, 0.1) is 6.92 Å². The smallest absolute Gasteiger partial charge is 0.101 e. The fourth-order valence-corrected chi connectivity index (χ4v) is 2.42. The van der Waals surface area contributed by atoms with Crippen molar-refractivity contribution in [2.24, 2.45) is 0 Å². The SMILES string of the molecule is Cc1cc(Sc2ccc(Cl)cn2)ccc1CO. The highest BCUT2D eigenvalue weighted by molar-refractivity contribution is 7.99. The molecule has 0 saturated heterocycles. The second kappa shape index (κ2) is 5.54. The summed E-state index contributed by atoms with van der Waals surface area (Å²) in [4.78, 5) is 5.33. The molecule has 1 N–H and O–H groups in total. The van der Waals surface area contributed by atoms with Crippen molar-refractivity contribution in [1.82, 2.24) is 4.98 Å². The highest BCUT2D eigenvalue weighted by Crippen LogP contribution is 2.28. The van der Waals surface area contributed by atoms with Gasteiger partial charge in [0.25, 0.3) is 0 Å². The first-order chi connectivity index (χ1) is 8.19. The van der Waals surface area contributed by atoms with Crippen LogP contribution in [0.25, 0.3) is 0 Å². The van der Waals surface area contributed by atoms with E-state index in [0.717, 1.165) is 21.0 Å². The number of aliphatic hydroxyl groups excluding tert-OH is 1. The van der Waals surface area contributed by atoms with Crippen LogP contribution >= 0.6 is 23.4 Å². The van der Waals surface area contributed by atoms with E-state index < -0.39 is 0 Å². The van der Waals surface area contributed by atoms with Gasteiger partial charge in [0.15, 0.2) is 0 Å². The van der Waals surface area contributed by atoms with Crippen molar-refractivity contribution in [2.45, 2.75) is 23.5 Å². The zero-order valence-electron chi connectivity index (χ0n) is 9.35. The maximum Gasteiger partial charge on any atom is 0.101 e. The molecule has 0 aliphatic carbocycles. The molecule has 2 nitrogen and oxygen atoms in total. The number of benzene rings is 1. The standard InChI is InChI=1S/C13H12ClNOS/c1-9-6-12(4-2-10(9)8-16)17-13-5-3-11(14)7-15-13/h2-7,16H,8H2,1H3. The van der Waals surface area contributed by atoms with Gasteiger partial charge in [-0.05, 0) is 42.3 Å². The van der Waals surface area contributed by atoms with E-state index in [1.54, 1.807) is 18.0 Å². The van der Waals surface area contributed by atoms with Gasteiger partial charge in [-0.3, -0.25) is 0 Å². The number of rotatable bonds is 3. The van der Waals surface area contributed by atoms with Gasteiger partial charge >= 0.3 is 0 Å². The predicted molar refractivity (Wildman–Crippen MR) is 70.5 cm³/mol. The Morgan fingerprint density at radius 1 is 1.29 bits per heavy atom. The highest BCUT2D eigenvalue weighted by Gasteiger charge is 2.02. The molecule has 2 rings (SSSR count). The van der Waals surface area contributed by atoms with E-state index in [2.05, 4.69) is 4.98 Å². The molecule has 0 amide bonds. The molecule has 0 aliphatic rings. The van der Waals surface area contributed by atoms with Gasteiger partial charge in [0, 0.05) is 11.1 Å². The lowest BCUT2D eigenvalue weighted by Crippen LogP contribution is -1.88. The van der Waals surface area contributed by atoms with Crippen LogP contribution in [0.5, 0.6) is 0 Å². The summed E-state index contributed by atoms with van der Waals surface area (Å²) in [5.74, 6) is 0. The maximum atomic E-state index is 9.10. The number of halogens is 1. The number of hydrogen-bond acceptors (Lipinski definition) is 3. The molecule has 0 spiro atoms. The quantitative estimate of drug-likeness (QED) is 0.919. The number of aromatic nitrogens is 1.